The molecule has 0 aliphatic carbocycles. The largest absolute Gasteiger partial charge is 0.462 e. The van der Waals surface area contributed by atoms with Crippen molar-refractivity contribution in [3.63, 3.8) is 0 Å². The van der Waals surface area contributed by atoms with Crippen LogP contribution >= 0.6 is 0 Å². The fourth-order valence-electron chi connectivity index (χ4n) is 3.19. The first kappa shape index (κ1) is 24.4. The number of amides is 1. The second-order valence-electron chi connectivity index (χ2n) is 7.53. The minimum atomic E-state index is -3.48. The summed E-state index contributed by atoms with van der Waals surface area (Å²) < 4.78 is 31.0. The Morgan fingerprint density at radius 1 is 1.03 bits per heavy atom. The van der Waals surface area contributed by atoms with Crippen LogP contribution in [0.25, 0.3) is 0 Å². The molecule has 0 aliphatic heterocycles. The van der Waals surface area contributed by atoms with Crippen LogP contribution in [0.15, 0.2) is 36.4 Å². The SMILES string of the molecule is CCOC(=O)c1ccc(NC(=O)CCCN(c2cc(C)ccc2C)S(C)(=O)=O)c(C)c1. The third-order valence-electron chi connectivity index (χ3n) is 4.81. The maximum Gasteiger partial charge on any atom is 0.338 e. The van der Waals surface area contributed by atoms with Crippen molar-refractivity contribution in [2.24, 2.45) is 0 Å². The third kappa shape index (κ3) is 6.82. The van der Waals surface area contributed by atoms with E-state index >= 15 is 0 Å². The molecule has 7 nitrogen and oxygen atoms in total. The maximum atomic E-state index is 12.4. The van der Waals surface area contributed by atoms with E-state index in [1.54, 1.807) is 32.0 Å². The van der Waals surface area contributed by atoms with Crippen molar-refractivity contribution in [2.75, 3.05) is 29.0 Å². The van der Waals surface area contributed by atoms with Crippen molar-refractivity contribution in [2.45, 2.75) is 40.5 Å². The van der Waals surface area contributed by atoms with Gasteiger partial charge in [0.2, 0.25) is 15.9 Å². The summed E-state index contributed by atoms with van der Waals surface area (Å²) in [5.41, 5.74) is 4.23. The van der Waals surface area contributed by atoms with Crippen LogP contribution in [0.1, 0.15) is 46.8 Å². The van der Waals surface area contributed by atoms with Crippen LogP contribution in [-0.2, 0) is 19.6 Å². The highest BCUT2D eigenvalue weighted by Gasteiger charge is 2.19. The minimum absolute atomic E-state index is 0.163. The Kier molecular flexibility index (Phi) is 8.21. The van der Waals surface area contributed by atoms with Gasteiger partial charge in [0.25, 0.3) is 0 Å². The molecule has 0 atom stereocenters. The summed E-state index contributed by atoms with van der Waals surface area (Å²) in [6.07, 6.45) is 1.70. The van der Waals surface area contributed by atoms with Crippen molar-refractivity contribution in [1.29, 1.82) is 0 Å². The summed E-state index contributed by atoms with van der Waals surface area (Å²) in [7, 11) is -3.48. The molecular formula is C23H30N2O5S. The number of hydrogen-bond acceptors (Lipinski definition) is 5. The normalized spacial score (nSPS) is 11.1. The quantitative estimate of drug-likeness (QED) is 0.588. The number of aryl methyl sites for hydroxylation is 3. The van der Waals surface area contributed by atoms with Crippen LogP contribution < -0.4 is 9.62 Å². The molecule has 2 rings (SSSR count). The molecule has 0 radical (unpaired) electrons. The molecule has 0 aliphatic rings. The Labute approximate surface area is 184 Å². The Morgan fingerprint density at radius 2 is 1.74 bits per heavy atom. The summed E-state index contributed by atoms with van der Waals surface area (Å²) in [5.74, 6) is -0.628. The molecule has 0 fully saturated rings. The molecule has 31 heavy (non-hydrogen) atoms. The van der Waals surface area contributed by atoms with Crippen molar-refractivity contribution in [3.05, 3.63) is 58.7 Å². The fourth-order valence-corrected chi connectivity index (χ4v) is 4.21. The minimum Gasteiger partial charge on any atom is -0.462 e. The van der Waals surface area contributed by atoms with E-state index in [1.807, 2.05) is 32.0 Å². The summed E-state index contributed by atoms with van der Waals surface area (Å²) in [4.78, 5) is 24.2. The van der Waals surface area contributed by atoms with E-state index in [0.717, 1.165) is 16.7 Å². The van der Waals surface area contributed by atoms with Crippen LogP contribution in [-0.4, -0.2) is 39.7 Å². The first-order valence-electron chi connectivity index (χ1n) is 10.2. The Morgan fingerprint density at radius 3 is 2.35 bits per heavy atom. The molecule has 0 bridgehead atoms. The van der Waals surface area contributed by atoms with Crippen molar-refractivity contribution >= 4 is 33.3 Å². The van der Waals surface area contributed by atoms with Gasteiger partial charge in [0.15, 0.2) is 0 Å². The molecule has 1 N–H and O–H groups in total. The van der Waals surface area contributed by atoms with Gasteiger partial charge in [0.1, 0.15) is 0 Å². The van der Waals surface area contributed by atoms with Crippen LogP contribution in [0, 0.1) is 20.8 Å². The second kappa shape index (κ2) is 10.4. The zero-order chi connectivity index (χ0) is 23.2. The fraction of sp³-hybridized carbons (Fsp3) is 0.391. The molecule has 2 aromatic carbocycles. The number of rotatable bonds is 9. The van der Waals surface area contributed by atoms with Crippen LogP contribution in [0.4, 0.5) is 11.4 Å². The molecule has 0 heterocycles. The first-order chi connectivity index (χ1) is 14.5. The van der Waals surface area contributed by atoms with Crippen LogP contribution in [0.5, 0.6) is 0 Å². The van der Waals surface area contributed by atoms with Crippen LogP contribution in [0.2, 0.25) is 0 Å². The van der Waals surface area contributed by atoms with E-state index in [0.29, 0.717) is 30.0 Å². The van der Waals surface area contributed by atoms with E-state index in [9.17, 15) is 18.0 Å². The van der Waals surface area contributed by atoms with Gasteiger partial charge in [-0.1, -0.05) is 12.1 Å². The molecule has 0 unspecified atom stereocenters. The average molecular weight is 447 g/mol. The molecule has 1 amide bonds. The van der Waals surface area contributed by atoms with Crippen molar-refractivity contribution < 1.29 is 22.7 Å². The zero-order valence-electron chi connectivity index (χ0n) is 18.7. The maximum absolute atomic E-state index is 12.4. The third-order valence-corrected chi connectivity index (χ3v) is 5.99. The predicted molar refractivity (Wildman–Crippen MR) is 123 cm³/mol. The average Bonchev–Trinajstić information content (AvgIpc) is 2.68. The van der Waals surface area contributed by atoms with E-state index in [2.05, 4.69) is 5.32 Å². The number of nitrogens with one attached hydrogen (secondary N) is 1. The Hall–Kier alpha value is -2.87. The molecular weight excluding hydrogens is 416 g/mol. The number of ether oxygens (including phenoxy) is 1. The van der Waals surface area contributed by atoms with E-state index in [4.69, 9.17) is 4.74 Å². The lowest BCUT2D eigenvalue weighted by molar-refractivity contribution is -0.116. The number of nitrogens with zero attached hydrogens (tertiary/aromatic N) is 1. The number of sulfonamides is 1. The standard InChI is InChI=1S/C23H30N2O5S/c1-6-30-23(27)19-11-12-20(18(4)15-19)24-22(26)8-7-13-25(31(5,28)29)21-14-16(2)9-10-17(21)3/h9-12,14-15H,6-8,13H2,1-5H3,(H,24,26). The molecule has 0 saturated heterocycles. The molecule has 8 heteroatoms. The van der Waals surface area contributed by atoms with E-state index in [1.165, 1.54) is 10.6 Å². The molecule has 2 aromatic rings. The summed E-state index contributed by atoms with van der Waals surface area (Å²) >= 11 is 0. The van der Waals surface area contributed by atoms with Crippen molar-refractivity contribution in [3.8, 4) is 0 Å². The lowest BCUT2D eigenvalue weighted by Crippen LogP contribution is -2.32. The Balaban J connectivity index is 2.01. The van der Waals surface area contributed by atoms with E-state index in [-0.39, 0.29) is 18.9 Å². The smallest absolute Gasteiger partial charge is 0.338 e. The van der Waals surface area contributed by atoms with Gasteiger partial charge in [-0.15, -0.1) is 0 Å². The molecule has 0 spiro atoms. The van der Waals surface area contributed by atoms with Gasteiger partial charge < -0.3 is 10.1 Å². The number of anilines is 2. The number of esters is 1. The first-order valence-corrected chi connectivity index (χ1v) is 12.0. The highest BCUT2D eigenvalue weighted by Crippen LogP contribution is 2.24. The highest BCUT2D eigenvalue weighted by atomic mass is 32.2. The number of carbonyl (C=O) groups is 2. The van der Waals surface area contributed by atoms with Gasteiger partial charge in [0.05, 0.1) is 24.1 Å². The molecule has 0 aromatic heterocycles. The van der Waals surface area contributed by atoms with Gasteiger partial charge in [-0.2, -0.15) is 0 Å². The topological polar surface area (TPSA) is 92.8 Å². The predicted octanol–water partition coefficient (Wildman–Crippen LogP) is 3.97. The van der Waals surface area contributed by atoms with E-state index < -0.39 is 16.0 Å². The van der Waals surface area contributed by atoms with Gasteiger partial charge in [-0.05, 0) is 75.1 Å². The summed E-state index contributed by atoms with van der Waals surface area (Å²) in [5, 5.41) is 2.82. The number of carbonyl (C=O) groups excluding carboxylic acids is 2. The van der Waals surface area contributed by atoms with Gasteiger partial charge >= 0.3 is 5.97 Å². The Bertz CT molecular complexity index is 1060. The number of hydrogen-bond donors (Lipinski definition) is 1. The summed E-state index contributed by atoms with van der Waals surface area (Å²) in [6, 6.07) is 10.6. The molecule has 168 valence electrons. The van der Waals surface area contributed by atoms with Crippen molar-refractivity contribution in [1.82, 2.24) is 0 Å². The highest BCUT2D eigenvalue weighted by molar-refractivity contribution is 7.92. The zero-order valence-corrected chi connectivity index (χ0v) is 19.5. The molecule has 0 saturated carbocycles. The lowest BCUT2D eigenvalue weighted by atomic mass is 10.1. The monoisotopic (exact) mass is 446 g/mol. The van der Waals surface area contributed by atoms with Gasteiger partial charge in [-0.3, -0.25) is 9.10 Å². The van der Waals surface area contributed by atoms with Crippen LogP contribution in [0.3, 0.4) is 0 Å². The second-order valence-corrected chi connectivity index (χ2v) is 9.43. The van der Waals surface area contributed by atoms with Gasteiger partial charge in [0, 0.05) is 18.7 Å². The lowest BCUT2D eigenvalue weighted by Gasteiger charge is -2.24. The summed E-state index contributed by atoms with van der Waals surface area (Å²) in [6.45, 7) is 7.81. The van der Waals surface area contributed by atoms with Gasteiger partial charge in [-0.25, -0.2) is 13.2 Å². The number of benzene rings is 2.